The van der Waals surface area contributed by atoms with Gasteiger partial charge in [0, 0.05) is 11.3 Å². The summed E-state index contributed by atoms with van der Waals surface area (Å²) in [5.74, 6) is 0.550. The molecular formula is C10H17ClN4S. The van der Waals surface area contributed by atoms with Crippen LogP contribution in [0.3, 0.4) is 0 Å². The van der Waals surface area contributed by atoms with Gasteiger partial charge in [0.05, 0.1) is 0 Å². The van der Waals surface area contributed by atoms with Crippen LogP contribution in [0.1, 0.15) is 34.1 Å². The van der Waals surface area contributed by atoms with Crippen LogP contribution in [0.25, 0.3) is 0 Å². The summed E-state index contributed by atoms with van der Waals surface area (Å²) in [6.45, 7) is 9.23. The van der Waals surface area contributed by atoms with Gasteiger partial charge in [-0.15, -0.1) is 0 Å². The van der Waals surface area contributed by atoms with Crippen molar-refractivity contribution >= 4 is 29.3 Å². The Morgan fingerprint density at radius 1 is 1.25 bits per heavy atom. The zero-order valence-electron chi connectivity index (χ0n) is 10.0. The second-order valence-electron chi connectivity index (χ2n) is 4.35. The van der Waals surface area contributed by atoms with Crippen LogP contribution in [-0.4, -0.2) is 26.2 Å². The van der Waals surface area contributed by atoms with Crippen molar-refractivity contribution in [3.8, 4) is 0 Å². The van der Waals surface area contributed by atoms with E-state index in [9.17, 15) is 0 Å². The number of aromatic nitrogens is 3. The Morgan fingerprint density at radius 3 is 2.50 bits per heavy atom. The maximum atomic E-state index is 5.84. The summed E-state index contributed by atoms with van der Waals surface area (Å²) >= 11 is 7.42. The van der Waals surface area contributed by atoms with Gasteiger partial charge >= 0.3 is 0 Å². The van der Waals surface area contributed by atoms with Crippen LogP contribution in [0.5, 0.6) is 0 Å². The monoisotopic (exact) mass is 260 g/mol. The predicted octanol–water partition coefficient (Wildman–Crippen LogP) is 3.24. The van der Waals surface area contributed by atoms with Crippen molar-refractivity contribution in [3.63, 3.8) is 0 Å². The van der Waals surface area contributed by atoms with Gasteiger partial charge in [0.25, 0.3) is 0 Å². The molecule has 0 aliphatic heterocycles. The summed E-state index contributed by atoms with van der Waals surface area (Å²) in [4.78, 5) is 12.4. The molecule has 0 aliphatic rings. The Labute approximate surface area is 106 Å². The molecule has 6 heteroatoms. The Bertz CT molecular complexity index is 351. The summed E-state index contributed by atoms with van der Waals surface area (Å²) < 4.78 is 0.0622. The van der Waals surface area contributed by atoms with Crippen LogP contribution in [0.4, 0.5) is 5.95 Å². The van der Waals surface area contributed by atoms with Gasteiger partial charge < -0.3 is 5.32 Å². The van der Waals surface area contributed by atoms with Crippen molar-refractivity contribution in [2.45, 2.75) is 44.0 Å². The molecule has 0 radical (unpaired) electrons. The highest BCUT2D eigenvalue weighted by Crippen LogP contribution is 2.29. The van der Waals surface area contributed by atoms with Gasteiger partial charge in [-0.1, -0.05) is 39.5 Å². The molecular weight excluding hydrogens is 244 g/mol. The number of rotatable bonds is 4. The number of halogens is 1. The largest absolute Gasteiger partial charge is 0.354 e. The number of anilines is 1. The second kappa shape index (κ2) is 5.68. The first-order valence-corrected chi connectivity index (χ1v) is 6.44. The molecule has 4 nitrogen and oxygen atoms in total. The molecule has 0 saturated carbocycles. The van der Waals surface area contributed by atoms with E-state index in [0.29, 0.717) is 11.1 Å². The number of thioether (sulfide) groups is 1. The summed E-state index contributed by atoms with van der Waals surface area (Å²) in [6.07, 6.45) is 1.02. The minimum absolute atomic E-state index is 0.0622. The molecule has 0 spiro atoms. The lowest BCUT2D eigenvalue weighted by atomic mass is 10.3. The Morgan fingerprint density at radius 2 is 1.94 bits per heavy atom. The normalized spacial score (nSPS) is 11.6. The third kappa shape index (κ3) is 4.99. The number of hydrogen-bond acceptors (Lipinski definition) is 5. The Kier molecular flexibility index (Phi) is 4.80. The summed E-state index contributed by atoms with van der Waals surface area (Å²) in [5, 5.41) is 4.00. The quantitative estimate of drug-likeness (QED) is 0.843. The maximum absolute atomic E-state index is 5.84. The van der Waals surface area contributed by atoms with E-state index in [4.69, 9.17) is 11.6 Å². The second-order valence-corrected chi connectivity index (χ2v) is 6.48. The number of nitrogens with zero attached hydrogens (tertiary/aromatic N) is 3. The molecule has 0 unspecified atom stereocenters. The van der Waals surface area contributed by atoms with E-state index in [2.05, 4.69) is 48.0 Å². The van der Waals surface area contributed by atoms with Gasteiger partial charge in [-0.05, 0) is 18.0 Å². The summed E-state index contributed by atoms with van der Waals surface area (Å²) in [5.41, 5.74) is 0. The van der Waals surface area contributed by atoms with Gasteiger partial charge in [-0.2, -0.15) is 15.0 Å². The van der Waals surface area contributed by atoms with Crippen LogP contribution in [0, 0.1) is 0 Å². The lowest BCUT2D eigenvalue weighted by Gasteiger charge is -2.16. The molecule has 0 atom stereocenters. The van der Waals surface area contributed by atoms with Crippen LogP contribution in [0.2, 0.25) is 5.28 Å². The molecule has 0 fully saturated rings. The molecule has 90 valence electrons. The van der Waals surface area contributed by atoms with E-state index >= 15 is 0 Å². The number of hydrogen-bond donors (Lipinski definition) is 1. The molecule has 1 rings (SSSR count). The van der Waals surface area contributed by atoms with Gasteiger partial charge in [0.15, 0.2) is 5.16 Å². The highest BCUT2D eigenvalue weighted by molar-refractivity contribution is 8.00. The van der Waals surface area contributed by atoms with E-state index in [1.807, 2.05) is 0 Å². The van der Waals surface area contributed by atoms with Crippen molar-refractivity contribution in [1.82, 2.24) is 15.0 Å². The van der Waals surface area contributed by atoms with E-state index in [1.165, 1.54) is 0 Å². The molecule has 1 aromatic rings. The van der Waals surface area contributed by atoms with Crippen LogP contribution < -0.4 is 5.32 Å². The van der Waals surface area contributed by atoms with Crippen molar-refractivity contribution in [2.24, 2.45) is 0 Å². The first-order chi connectivity index (χ1) is 7.40. The molecule has 16 heavy (non-hydrogen) atoms. The van der Waals surface area contributed by atoms with E-state index in [1.54, 1.807) is 11.8 Å². The fourth-order valence-electron chi connectivity index (χ4n) is 0.967. The summed E-state index contributed by atoms with van der Waals surface area (Å²) in [6, 6.07) is 0. The Hall–Kier alpha value is -0.550. The SMILES string of the molecule is CCCNc1nc(Cl)nc(SC(C)(C)C)n1. The van der Waals surface area contributed by atoms with Crippen molar-refractivity contribution < 1.29 is 0 Å². The topological polar surface area (TPSA) is 50.7 Å². The van der Waals surface area contributed by atoms with Gasteiger partial charge in [0.1, 0.15) is 0 Å². The average Bonchev–Trinajstić information content (AvgIpc) is 2.10. The standard InChI is InChI=1S/C10H17ClN4S/c1-5-6-12-8-13-7(11)14-9(15-8)16-10(2,3)4/h5-6H2,1-4H3,(H,12,13,14,15). The molecule has 0 saturated heterocycles. The highest BCUT2D eigenvalue weighted by atomic mass is 35.5. The molecule has 0 aromatic carbocycles. The van der Waals surface area contributed by atoms with Crippen LogP contribution >= 0.6 is 23.4 Å². The smallest absolute Gasteiger partial charge is 0.228 e. The van der Waals surface area contributed by atoms with Crippen LogP contribution in [0.15, 0.2) is 5.16 Å². The zero-order valence-corrected chi connectivity index (χ0v) is 11.6. The van der Waals surface area contributed by atoms with E-state index < -0.39 is 0 Å². The average molecular weight is 261 g/mol. The van der Waals surface area contributed by atoms with Gasteiger partial charge in [0.2, 0.25) is 11.2 Å². The molecule has 1 N–H and O–H groups in total. The third-order valence-corrected chi connectivity index (χ3v) is 2.66. The van der Waals surface area contributed by atoms with E-state index in [0.717, 1.165) is 13.0 Å². The predicted molar refractivity (Wildman–Crippen MR) is 69.2 cm³/mol. The molecule has 0 aliphatic carbocycles. The maximum Gasteiger partial charge on any atom is 0.228 e. The minimum Gasteiger partial charge on any atom is -0.354 e. The first kappa shape index (κ1) is 13.5. The first-order valence-electron chi connectivity index (χ1n) is 5.25. The molecule has 0 amide bonds. The molecule has 1 aromatic heterocycles. The zero-order chi connectivity index (χ0) is 12.2. The van der Waals surface area contributed by atoms with Crippen molar-refractivity contribution in [3.05, 3.63) is 5.28 Å². The van der Waals surface area contributed by atoms with Crippen molar-refractivity contribution in [1.29, 1.82) is 0 Å². The Balaban J connectivity index is 2.81. The lowest BCUT2D eigenvalue weighted by molar-refractivity contribution is 0.787. The van der Waals surface area contributed by atoms with E-state index in [-0.39, 0.29) is 10.0 Å². The third-order valence-electron chi connectivity index (χ3n) is 1.52. The molecule has 1 heterocycles. The minimum atomic E-state index is 0.0622. The van der Waals surface area contributed by atoms with Gasteiger partial charge in [-0.25, -0.2) is 0 Å². The van der Waals surface area contributed by atoms with Crippen molar-refractivity contribution in [2.75, 3.05) is 11.9 Å². The lowest BCUT2D eigenvalue weighted by Crippen LogP contribution is -2.11. The highest BCUT2D eigenvalue weighted by Gasteiger charge is 2.15. The fourth-order valence-corrected chi connectivity index (χ4v) is 1.99. The number of nitrogens with one attached hydrogen (secondary N) is 1. The van der Waals surface area contributed by atoms with Gasteiger partial charge in [-0.3, -0.25) is 0 Å². The molecule has 0 bridgehead atoms. The summed E-state index contributed by atoms with van der Waals surface area (Å²) in [7, 11) is 0. The fraction of sp³-hybridized carbons (Fsp3) is 0.700. The van der Waals surface area contributed by atoms with Crippen LogP contribution in [-0.2, 0) is 0 Å².